The molecule has 1 aliphatic heterocycles. The quantitative estimate of drug-likeness (QED) is 0.552. The summed E-state index contributed by atoms with van der Waals surface area (Å²) in [5.41, 5.74) is 2.62. The number of hydrogen-bond donors (Lipinski definition) is 0. The summed E-state index contributed by atoms with van der Waals surface area (Å²) < 4.78 is 15.7. The van der Waals surface area contributed by atoms with Gasteiger partial charge in [-0.3, -0.25) is 9.59 Å². The van der Waals surface area contributed by atoms with Gasteiger partial charge in [0.2, 0.25) is 5.91 Å². The van der Waals surface area contributed by atoms with Crippen molar-refractivity contribution in [3.8, 4) is 11.5 Å². The van der Waals surface area contributed by atoms with Crippen molar-refractivity contribution >= 4 is 17.5 Å². The molecule has 2 aromatic rings. The molecule has 0 fully saturated rings. The number of hydrogen-bond acceptors (Lipinski definition) is 6. The van der Waals surface area contributed by atoms with Crippen LogP contribution in [0.5, 0.6) is 11.5 Å². The van der Waals surface area contributed by atoms with E-state index in [4.69, 9.17) is 19.3 Å². The summed E-state index contributed by atoms with van der Waals surface area (Å²) in [4.78, 5) is 27.3. The van der Waals surface area contributed by atoms with Gasteiger partial charge in [0.25, 0.3) is 5.91 Å². The minimum atomic E-state index is -0.286. The molecular formula is C25H31N3O5. The molecule has 1 heterocycles. The van der Waals surface area contributed by atoms with Crippen LogP contribution in [0.3, 0.4) is 0 Å². The highest BCUT2D eigenvalue weighted by atomic mass is 16.5. The highest BCUT2D eigenvalue weighted by molar-refractivity contribution is 6.03. The van der Waals surface area contributed by atoms with Crippen molar-refractivity contribution in [2.45, 2.75) is 25.8 Å². The first-order chi connectivity index (χ1) is 16.0. The Labute approximate surface area is 194 Å². The second kappa shape index (κ2) is 11.5. The Hall–Kier alpha value is -3.39. The normalized spacial score (nSPS) is 15.2. The summed E-state index contributed by atoms with van der Waals surface area (Å²) in [7, 11) is 4.80. The average molecular weight is 454 g/mol. The Bertz CT molecular complexity index is 990. The first kappa shape index (κ1) is 24.3. The number of benzene rings is 2. The fourth-order valence-electron chi connectivity index (χ4n) is 3.76. The summed E-state index contributed by atoms with van der Waals surface area (Å²) in [6.07, 6.45) is 0.863. The second-order valence-corrected chi connectivity index (χ2v) is 7.67. The summed E-state index contributed by atoms with van der Waals surface area (Å²) in [5.74, 6) is 1.12. The van der Waals surface area contributed by atoms with Crippen LogP contribution in [-0.2, 0) is 14.3 Å². The van der Waals surface area contributed by atoms with E-state index in [0.29, 0.717) is 26.0 Å². The maximum Gasteiger partial charge on any atom is 0.262 e. The summed E-state index contributed by atoms with van der Waals surface area (Å²) in [6, 6.07) is 14.9. The zero-order chi connectivity index (χ0) is 23.8. The van der Waals surface area contributed by atoms with Gasteiger partial charge in [-0.05, 0) is 29.8 Å². The van der Waals surface area contributed by atoms with Crippen molar-refractivity contribution in [1.29, 1.82) is 0 Å². The lowest BCUT2D eigenvalue weighted by Gasteiger charge is -2.26. The molecule has 0 bridgehead atoms. The molecule has 2 amide bonds. The minimum absolute atomic E-state index is 0.0580. The molecule has 0 spiro atoms. The van der Waals surface area contributed by atoms with Crippen LogP contribution in [0.4, 0.5) is 0 Å². The lowest BCUT2D eigenvalue weighted by Crippen LogP contribution is -2.42. The Balaban J connectivity index is 1.91. The summed E-state index contributed by atoms with van der Waals surface area (Å²) in [6.45, 7) is 2.43. The van der Waals surface area contributed by atoms with Gasteiger partial charge in [-0.2, -0.15) is 5.10 Å². The highest BCUT2D eigenvalue weighted by Gasteiger charge is 2.34. The molecule has 0 N–H and O–H groups in total. The molecule has 0 radical (unpaired) electrons. The molecule has 0 saturated heterocycles. The fourth-order valence-corrected chi connectivity index (χ4v) is 3.76. The van der Waals surface area contributed by atoms with E-state index in [-0.39, 0.29) is 24.4 Å². The van der Waals surface area contributed by atoms with Crippen LogP contribution in [0.15, 0.2) is 53.6 Å². The zero-order valence-corrected chi connectivity index (χ0v) is 19.6. The lowest BCUT2D eigenvalue weighted by molar-refractivity contribution is -0.141. The molecule has 0 saturated carbocycles. The van der Waals surface area contributed by atoms with E-state index in [1.54, 1.807) is 28.3 Å². The number of ether oxygens (including phenoxy) is 3. The van der Waals surface area contributed by atoms with Gasteiger partial charge in [0.1, 0.15) is 18.0 Å². The van der Waals surface area contributed by atoms with E-state index in [1.807, 2.05) is 48.5 Å². The van der Waals surface area contributed by atoms with Crippen molar-refractivity contribution in [2.24, 2.45) is 5.10 Å². The Kier molecular flexibility index (Phi) is 8.43. The molecule has 1 aliphatic rings. The highest BCUT2D eigenvalue weighted by Crippen LogP contribution is 2.34. The maximum absolute atomic E-state index is 13.4. The first-order valence-corrected chi connectivity index (χ1v) is 10.9. The van der Waals surface area contributed by atoms with Gasteiger partial charge in [0, 0.05) is 32.1 Å². The predicted octanol–water partition coefficient (Wildman–Crippen LogP) is 3.27. The molecule has 2 aromatic carbocycles. The van der Waals surface area contributed by atoms with E-state index in [9.17, 15) is 9.59 Å². The zero-order valence-electron chi connectivity index (χ0n) is 19.6. The molecule has 33 heavy (non-hydrogen) atoms. The van der Waals surface area contributed by atoms with Gasteiger partial charge >= 0.3 is 0 Å². The molecule has 3 rings (SSSR count). The van der Waals surface area contributed by atoms with Gasteiger partial charge in [-0.15, -0.1) is 0 Å². The topological polar surface area (TPSA) is 80.7 Å². The first-order valence-electron chi connectivity index (χ1n) is 10.9. The van der Waals surface area contributed by atoms with E-state index in [1.165, 1.54) is 9.91 Å². The molecule has 0 aromatic heterocycles. The molecule has 0 aliphatic carbocycles. The smallest absolute Gasteiger partial charge is 0.262 e. The van der Waals surface area contributed by atoms with Crippen molar-refractivity contribution in [3.63, 3.8) is 0 Å². The monoisotopic (exact) mass is 453 g/mol. The van der Waals surface area contributed by atoms with Crippen molar-refractivity contribution in [3.05, 3.63) is 59.7 Å². The van der Waals surface area contributed by atoms with Gasteiger partial charge in [0.15, 0.2) is 0 Å². The SMILES string of the molecule is CCC(=O)N(CCOC)CC(=O)N1N=C(c2cccc(OC)c2)C[C@@H]1c1ccc(OC)cc1. The standard InChI is InChI=1S/C25H31N3O5/c1-5-24(29)27(13-14-31-2)17-25(30)28-23(18-9-11-20(32-3)12-10-18)16-22(26-28)19-7-6-8-21(15-19)33-4/h6-12,15,23H,5,13-14,16-17H2,1-4H3/t23-/m1/s1. The Morgan fingerprint density at radius 3 is 2.42 bits per heavy atom. The van der Waals surface area contributed by atoms with Gasteiger partial charge < -0.3 is 19.1 Å². The van der Waals surface area contributed by atoms with E-state index in [2.05, 4.69) is 0 Å². The number of methoxy groups -OCH3 is 3. The third kappa shape index (κ3) is 5.90. The summed E-state index contributed by atoms with van der Waals surface area (Å²) >= 11 is 0. The van der Waals surface area contributed by atoms with E-state index >= 15 is 0 Å². The number of carbonyl (C=O) groups excluding carboxylic acids is 2. The lowest BCUT2D eigenvalue weighted by atomic mass is 9.98. The molecular weight excluding hydrogens is 422 g/mol. The van der Waals surface area contributed by atoms with Gasteiger partial charge in [-0.25, -0.2) is 5.01 Å². The third-order valence-electron chi connectivity index (χ3n) is 5.62. The second-order valence-electron chi connectivity index (χ2n) is 7.67. The molecule has 0 unspecified atom stereocenters. The molecule has 8 heteroatoms. The Morgan fingerprint density at radius 1 is 1.06 bits per heavy atom. The van der Waals surface area contributed by atoms with Crippen molar-refractivity contribution in [1.82, 2.24) is 9.91 Å². The van der Waals surface area contributed by atoms with Gasteiger partial charge in [-0.1, -0.05) is 31.2 Å². The molecule has 1 atom stereocenters. The largest absolute Gasteiger partial charge is 0.497 e. The maximum atomic E-state index is 13.4. The molecule has 176 valence electrons. The van der Waals surface area contributed by atoms with E-state index < -0.39 is 0 Å². The van der Waals surface area contributed by atoms with Crippen molar-refractivity contribution < 1.29 is 23.8 Å². The van der Waals surface area contributed by atoms with Crippen LogP contribution < -0.4 is 9.47 Å². The van der Waals surface area contributed by atoms with E-state index in [0.717, 1.165) is 28.3 Å². The summed E-state index contributed by atoms with van der Waals surface area (Å²) in [5, 5.41) is 6.20. The van der Waals surface area contributed by atoms with Crippen LogP contribution in [0, 0.1) is 0 Å². The number of carbonyl (C=O) groups is 2. The van der Waals surface area contributed by atoms with Gasteiger partial charge in [0.05, 0.1) is 32.6 Å². The minimum Gasteiger partial charge on any atom is -0.497 e. The average Bonchev–Trinajstić information content (AvgIpc) is 3.31. The van der Waals surface area contributed by atoms with Crippen LogP contribution in [0.2, 0.25) is 0 Å². The number of hydrazone groups is 1. The number of amides is 2. The fraction of sp³-hybridized carbons (Fsp3) is 0.400. The van der Waals surface area contributed by atoms with Crippen LogP contribution in [-0.4, -0.2) is 68.5 Å². The van der Waals surface area contributed by atoms with Crippen molar-refractivity contribution in [2.75, 3.05) is 41.0 Å². The van der Waals surface area contributed by atoms with Crippen LogP contribution >= 0.6 is 0 Å². The Morgan fingerprint density at radius 2 is 1.79 bits per heavy atom. The third-order valence-corrected chi connectivity index (χ3v) is 5.62. The number of rotatable bonds is 10. The molecule has 8 nitrogen and oxygen atoms in total. The van der Waals surface area contributed by atoms with Crippen LogP contribution in [0.25, 0.3) is 0 Å². The number of nitrogens with zero attached hydrogens (tertiary/aromatic N) is 3. The predicted molar refractivity (Wildman–Crippen MR) is 125 cm³/mol. The van der Waals surface area contributed by atoms with Crippen LogP contribution in [0.1, 0.15) is 36.9 Å².